The third-order valence-electron chi connectivity index (χ3n) is 1.97. The molecule has 0 unspecified atom stereocenters. The standard InChI is InChI=1S/C9H8ClNO/c1-5-7-3-4-11-6(2)8(7)12-9(5)10/h3-4H,1-2H3. The molecule has 0 atom stereocenters. The highest BCUT2D eigenvalue weighted by atomic mass is 35.5. The summed E-state index contributed by atoms with van der Waals surface area (Å²) in [7, 11) is 0. The van der Waals surface area contributed by atoms with Crippen molar-refractivity contribution in [3.05, 3.63) is 28.7 Å². The topological polar surface area (TPSA) is 26.0 Å². The summed E-state index contributed by atoms with van der Waals surface area (Å²) in [6, 6.07) is 1.91. The van der Waals surface area contributed by atoms with Gasteiger partial charge < -0.3 is 4.42 Å². The minimum Gasteiger partial charge on any atom is -0.442 e. The summed E-state index contributed by atoms with van der Waals surface area (Å²) in [6.45, 7) is 3.84. The van der Waals surface area contributed by atoms with Gasteiger partial charge in [-0.15, -0.1) is 0 Å². The molecule has 0 aliphatic rings. The first kappa shape index (κ1) is 7.62. The Morgan fingerprint density at radius 3 is 2.83 bits per heavy atom. The van der Waals surface area contributed by atoms with Gasteiger partial charge in [0.2, 0.25) is 0 Å². The first-order chi connectivity index (χ1) is 5.70. The Morgan fingerprint density at radius 2 is 2.17 bits per heavy atom. The quantitative estimate of drug-likeness (QED) is 0.624. The Bertz CT molecular complexity index is 433. The number of halogens is 1. The number of rotatable bonds is 0. The van der Waals surface area contributed by atoms with Crippen molar-refractivity contribution in [3.8, 4) is 0 Å². The van der Waals surface area contributed by atoms with E-state index in [1.54, 1.807) is 6.20 Å². The lowest BCUT2D eigenvalue weighted by molar-refractivity contribution is 0.610. The van der Waals surface area contributed by atoms with Gasteiger partial charge in [-0.1, -0.05) is 0 Å². The molecule has 3 heteroatoms. The minimum atomic E-state index is 0.459. The Labute approximate surface area is 75.2 Å². The Hall–Kier alpha value is -1.02. The predicted octanol–water partition coefficient (Wildman–Crippen LogP) is 3.10. The lowest BCUT2D eigenvalue weighted by atomic mass is 10.2. The number of hydrogen-bond acceptors (Lipinski definition) is 2. The summed E-state index contributed by atoms with van der Waals surface area (Å²) in [5.41, 5.74) is 2.65. The van der Waals surface area contributed by atoms with Crippen LogP contribution in [0.25, 0.3) is 11.0 Å². The van der Waals surface area contributed by atoms with Crippen molar-refractivity contribution in [1.82, 2.24) is 4.98 Å². The number of nitrogens with zero attached hydrogens (tertiary/aromatic N) is 1. The number of hydrogen-bond donors (Lipinski definition) is 0. The average Bonchev–Trinajstić information content (AvgIpc) is 2.32. The second-order valence-corrected chi connectivity index (χ2v) is 3.12. The maximum absolute atomic E-state index is 5.83. The van der Waals surface area contributed by atoms with E-state index in [4.69, 9.17) is 16.0 Å². The van der Waals surface area contributed by atoms with Crippen LogP contribution in [0.15, 0.2) is 16.7 Å². The van der Waals surface area contributed by atoms with Gasteiger partial charge >= 0.3 is 0 Å². The molecule has 0 bridgehead atoms. The molecule has 2 heterocycles. The van der Waals surface area contributed by atoms with Crippen molar-refractivity contribution < 1.29 is 4.42 Å². The van der Waals surface area contributed by atoms with Gasteiger partial charge in [0, 0.05) is 17.1 Å². The molecule has 0 spiro atoms. The Kier molecular flexibility index (Phi) is 1.58. The van der Waals surface area contributed by atoms with Gasteiger partial charge in [0.25, 0.3) is 0 Å². The van der Waals surface area contributed by atoms with Crippen molar-refractivity contribution in [2.24, 2.45) is 0 Å². The molecule has 0 radical (unpaired) electrons. The van der Waals surface area contributed by atoms with Crippen LogP contribution in [0.2, 0.25) is 5.22 Å². The van der Waals surface area contributed by atoms with E-state index in [1.807, 2.05) is 19.9 Å². The van der Waals surface area contributed by atoms with Crippen LogP contribution >= 0.6 is 11.6 Å². The van der Waals surface area contributed by atoms with Crippen molar-refractivity contribution in [2.45, 2.75) is 13.8 Å². The summed E-state index contributed by atoms with van der Waals surface area (Å²) >= 11 is 5.83. The number of aromatic nitrogens is 1. The molecule has 0 fully saturated rings. The van der Waals surface area contributed by atoms with E-state index in [9.17, 15) is 0 Å². The van der Waals surface area contributed by atoms with Crippen molar-refractivity contribution in [1.29, 1.82) is 0 Å². The van der Waals surface area contributed by atoms with E-state index < -0.39 is 0 Å². The highest BCUT2D eigenvalue weighted by molar-refractivity contribution is 6.30. The normalized spacial score (nSPS) is 10.9. The predicted molar refractivity (Wildman–Crippen MR) is 48.5 cm³/mol. The van der Waals surface area contributed by atoms with E-state index in [0.717, 1.165) is 22.2 Å². The van der Waals surface area contributed by atoms with Crippen LogP contribution < -0.4 is 0 Å². The van der Waals surface area contributed by atoms with Gasteiger partial charge in [0.15, 0.2) is 10.8 Å². The molecular weight excluding hydrogens is 174 g/mol. The largest absolute Gasteiger partial charge is 0.442 e. The fourth-order valence-corrected chi connectivity index (χ4v) is 1.43. The van der Waals surface area contributed by atoms with Gasteiger partial charge in [-0.3, -0.25) is 4.98 Å². The van der Waals surface area contributed by atoms with Crippen LogP contribution in [0.4, 0.5) is 0 Å². The minimum absolute atomic E-state index is 0.459. The van der Waals surface area contributed by atoms with E-state index in [1.165, 1.54) is 0 Å². The molecule has 62 valence electrons. The molecule has 2 aromatic heterocycles. The van der Waals surface area contributed by atoms with Crippen molar-refractivity contribution in [3.63, 3.8) is 0 Å². The molecule has 0 amide bonds. The fraction of sp³-hybridized carbons (Fsp3) is 0.222. The van der Waals surface area contributed by atoms with Gasteiger partial charge in [0.05, 0.1) is 5.69 Å². The van der Waals surface area contributed by atoms with Crippen molar-refractivity contribution in [2.75, 3.05) is 0 Å². The zero-order valence-electron chi connectivity index (χ0n) is 6.89. The smallest absolute Gasteiger partial charge is 0.197 e. The van der Waals surface area contributed by atoms with E-state index in [2.05, 4.69) is 4.98 Å². The third-order valence-corrected chi connectivity index (χ3v) is 2.33. The maximum atomic E-state index is 5.83. The molecule has 2 rings (SSSR count). The van der Waals surface area contributed by atoms with Crippen LogP contribution in [0.3, 0.4) is 0 Å². The zero-order chi connectivity index (χ0) is 8.72. The maximum Gasteiger partial charge on any atom is 0.197 e. The highest BCUT2D eigenvalue weighted by Gasteiger charge is 2.09. The first-order valence-electron chi connectivity index (χ1n) is 3.70. The Morgan fingerprint density at radius 1 is 1.42 bits per heavy atom. The molecule has 12 heavy (non-hydrogen) atoms. The lowest BCUT2D eigenvalue weighted by Crippen LogP contribution is -1.78. The van der Waals surface area contributed by atoms with Crippen LogP contribution in [0.5, 0.6) is 0 Å². The molecule has 0 N–H and O–H groups in total. The molecule has 0 aromatic carbocycles. The molecule has 0 aliphatic carbocycles. The molecule has 0 saturated carbocycles. The molecule has 2 nitrogen and oxygen atoms in total. The third kappa shape index (κ3) is 0.916. The van der Waals surface area contributed by atoms with E-state index in [0.29, 0.717) is 5.22 Å². The molecule has 2 aromatic rings. The van der Waals surface area contributed by atoms with Crippen LogP contribution in [0.1, 0.15) is 11.3 Å². The molecule has 0 aliphatic heterocycles. The number of furan rings is 1. The monoisotopic (exact) mass is 181 g/mol. The summed E-state index contributed by atoms with van der Waals surface area (Å²) in [5.74, 6) is 0. The number of fused-ring (bicyclic) bond motifs is 1. The molecular formula is C9H8ClNO. The van der Waals surface area contributed by atoms with Gasteiger partial charge in [-0.2, -0.15) is 0 Å². The van der Waals surface area contributed by atoms with Crippen molar-refractivity contribution >= 4 is 22.6 Å². The van der Waals surface area contributed by atoms with Crippen LogP contribution in [-0.2, 0) is 0 Å². The van der Waals surface area contributed by atoms with E-state index in [-0.39, 0.29) is 0 Å². The highest BCUT2D eigenvalue weighted by Crippen LogP contribution is 2.29. The van der Waals surface area contributed by atoms with Gasteiger partial charge in [-0.05, 0) is 31.5 Å². The fourth-order valence-electron chi connectivity index (χ4n) is 1.25. The summed E-state index contributed by atoms with van der Waals surface area (Å²) < 4.78 is 5.33. The SMILES string of the molecule is Cc1c(Cl)oc2c(C)nccc12. The lowest BCUT2D eigenvalue weighted by Gasteiger charge is -1.91. The summed E-state index contributed by atoms with van der Waals surface area (Å²) in [6.07, 6.45) is 1.76. The first-order valence-corrected chi connectivity index (χ1v) is 4.08. The zero-order valence-corrected chi connectivity index (χ0v) is 7.64. The summed E-state index contributed by atoms with van der Waals surface area (Å²) in [4.78, 5) is 4.11. The molecule has 0 saturated heterocycles. The van der Waals surface area contributed by atoms with Crippen LogP contribution in [-0.4, -0.2) is 4.98 Å². The second kappa shape index (κ2) is 2.49. The van der Waals surface area contributed by atoms with Gasteiger partial charge in [0.1, 0.15) is 0 Å². The second-order valence-electron chi connectivity index (χ2n) is 2.77. The van der Waals surface area contributed by atoms with E-state index >= 15 is 0 Å². The average molecular weight is 182 g/mol. The number of aryl methyl sites for hydroxylation is 2. The van der Waals surface area contributed by atoms with Gasteiger partial charge in [-0.25, -0.2) is 0 Å². The Balaban J connectivity index is 2.95. The summed E-state index contributed by atoms with van der Waals surface area (Å²) in [5, 5.41) is 1.51. The van der Waals surface area contributed by atoms with Crippen LogP contribution in [0, 0.1) is 13.8 Å². The number of pyridine rings is 1.